The molecule has 6 rings (SSSR count). The largest absolute Gasteiger partial charge is 0.337 e. The molecule has 1 amide bonds. The van der Waals surface area contributed by atoms with Gasteiger partial charge in [0.1, 0.15) is 5.65 Å². The van der Waals surface area contributed by atoms with E-state index in [9.17, 15) is 4.79 Å². The third kappa shape index (κ3) is 3.21. The van der Waals surface area contributed by atoms with Crippen molar-refractivity contribution in [2.24, 2.45) is 0 Å². The van der Waals surface area contributed by atoms with Crippen molar-refractivity contribution in [1.82, 2.24) is 19.2 Å². The SMILES string of the molecule is O=C1CCC2CN(Cc3c(-c4ccc(Cl)cc4)nc4ccc(C5CC5)cn34)CCN12. The lowest BCUT2D eigenvalue weighted by molar-refractivity contribution is -0.130. The summed E-state index contributed by atoms with van der Waals surface area (Å²) >= 11 is 6.13. The number of fused-ring (bicyclic) bond motifs is 2. The summed E-state index contributed by atoms with van der Waals surface area (Å²) in [6, 6.07) is 12.7. The van der Waals surface area contributed by atoms with Crippen LogP contribution in [0.2, 0.25) is 5.02 Å². The number of hydrogen-bond acceptors (Lipinski definition) is 3. The van der Waals surface area contributed by atoms with Crippen molar-refractivity contribution in [2.75, 3.05) is 19.6 Å². The highest BCUT2D eigenvalue weighted by atomic mass is 35.5. The zero-order valence-corrected chi connectivity index (χ0v) is 17.7. The average Bonchev–Trinajstić information content (AvgIpc) is 3.47. The quantitative estimate of drug-likeness (QED) is 0.630. The molecule has 3 fully saturated rings. The van der Waals surface area contributed by atoms with Gasteiger partial charge in [-0.3, -0.25) is 9.69 Å². The Hall–Kier alpha value is -2.37. The van der Waals surface area contributed by atoms with Crippen molar-refractivity contribution in [1.29, 1.82) is 0 Å². The van der Waals surface area contributed by atoms with E-state index >= 15 is 0 Å². The molecule has 1 saturated carbocycles. The van der Waals surface area contributed by atoms with E-state index in [0.717, 1.165) is 54.5 Å². The molecule has 1 aliphatic carbocycles. The predicted molar refractivity (Wildman–Crippen MR) is 118 cm³/mol. The van der Waals surface area contributed by atoms with E-state index in [-0.39, 0.29) is 0 Å². The number of nitrogens with zero attached hydrogens (tertiary/aromatic N) is 4. The molecule has 1 unspecified atom stereocenters. The van der Waals surface area contributed by atoms with Crippen LogP contribution in [0.1, 0.15) is 42.9 Å². The van der Waals surface area contributed by atoms with Gasteiger partial charge >= 0.3 is 0 Å². The minimum atomic E-state index is 0.324. The maximum atomic E-state index is 12.1. The maximum absolute atomic E-state index is 12.1. The summed E-state index contributed by atoms with van der Waals surface area (Å²) < 4.78 is 2.30. The predicted octanol–water partition coefficient (Wildman–Crippen LogP) is 4.34. The first-order valence-electron chi connectivity index (χ1n) is 10.9. The molecule has 2 aliphatic heterocycles. The Labute approximate surface area is 181 Å². The van der Waals surface area contributed by atoms with Crippen LogP contribution < -0.4 is 0 Å². The molecule has 154 valence electrons. The van der Waals surface area contributed by atoms with Crippen molar-refractivity contribution in [2.45, 2.75) is 44.2 Å². The molecule has 1 atom stereocenters. The lowest BCUT2D eigenvalue weighted by Gasteiger charge is -2.37. The van der Waals surface area contributed by atoms with Crippen LogP contribution in [0.4, 0.5) is 0 Å². The fourth-order valence-corrected chi connectivity index (χ4v) is 5.17. The molecule has 3 aromatic rings. The molecule has 3 aliphatic rings. The van der Waals surface area contributed by atoms with Gasteiger partial charge in [0.25, 0.3) is 0 Å². The van der Waals surface area contributed by atoms with Gasteiger partial charge in [-0.15, -0.1) is 0 Å². The van der Waals surface area contributed by atoms with Crippen LogP contribution in [-0.2, 0) is 11.3 Å². The van der Waals surface area contributed by atoms with Crippen molar-refractivity contribution < 1.29 is 4.79 Å². The minimum absolute atomic E-state index is 0.324. The van der Waals surface area contributed by atoms with Gasteiger partial charge < -0.3 is 9.30 Å². The standard InChI is InChI=1S/C24H25ClN4O/c25-19-6-3-17(4-7-19)24-21(15-27-11-12-28-20(14-27)8-10-23(28)30)29-13-18(16-1-2-16)5-9-22(29)26-24/h3-7,9,13,16,20H,1-2,8,10-12,14-15H2. The number of halogens is 1. The first-order valence-corrected chi connectivity index (χ1v) is 11.3. The molecule has 4 heterocycles. The van der Waals surface area contributed by atoms with Gasteiger partial charge in [0, 0.05) is 55.4 Å². The van der Waals surface area contributed by atoms with Crippen molar-refractivity contribution in [3.63, 3.8) is 0 Å². The van der Waals surface area contributed by atoms with Crippen LogP contribution in [0.25, 0.3) is 16.9 Å². The lowest BCUT2D eigenvalue weighted by Crippen LogP contribution is -2.51. The summed E-state index contributed by atoms with van der Waals surface area (Å²) in [7, 11) is 0. The fourth-order valence-electron chi connectivity index (χ4n) is 5.04. The fraction of sp³-hybridized carbons (Fsp3) is 0.417. The van der Waals surface area contributed by atoms with Crippen LogP contribution >= 0.6 is 11.6 Å². The van der Waals surface area contributed by atoms with Gasteiger partial charge in [0.2, 0.25) is 5.91 Å². The van der Waals surface area contributed by atoms with Gasteiger partial charge in [-0.25, -0.2) is 4.98 Å². The number of benzene rings is 1. The van der Waals surface area contributed by atoms with Gasteiger partial charge in [0.05, 0.1) is 11.4 Å². The second-order valence-corrected chi connectivity index (χ2v) is 9.33. The Morgan fingerprint density at radius 3 is 2.67 bits per heavy atom. The summed E-state index contributed by atoms with van der Waals surface area (Å²) in [5.74, 6) is 1.03. The third-order valence-electron chi connectivity index (χ3n) is 6.86. The zero-order chi connectivity index (χ0) is 20.2. The number of imidazole rings is 1. The highest BCUT2D eigenvalue weighted by Crippen LogP contribution is 2.40. The first kappa shape index (κ1) is 18.4. The van der Waals surface area contributed by atoms with Crippen LogP contribution in [-0.4, -0.2) is 50.8 Å². The van der Waals surface area contributed by atoms with Crippen molar-refractivity contribution in [3.05, 3.63) is 58.9 Å². The van der Waals surface area contributed by atoms with Gasteiger partial charge in [-0.05, 0) is 48.9 Å². The number of rotatable bonds is 4. The van der Waals surface area contributed by atoms with Crippen LogP contribution in [0.3, 0.4) is 0 Å². The Kier molecular flexibility index (Phi) is 4.36. The molecule has 0 radical (unpaired) electrons. The summed E-state index contributed by atoms with van der Waals surface area (Å²) in [6.45, 7) is 3.54. The number of carbonyl (C=O) groups excluding carboxylic acids is 1. The molecule has 0 spiro atoms. The van der Waals surface area contributed by atoms with E-state index in [1.54, 1.807) is 0 Å². The Morgan fingerprint density at radius 2 is 1.87 bits per heavy atom. The highest BCUT2D eigenvalue weighted by molar-refractivity contribution is 6.30. The maximum Gasteiger partial charge on any atom is 0.222 e. The third-order valence-corrected chi connectivity index (χ3v) is 7.11. The van der Waals surface area contributed by atoms with Gasteiger partial charge in [0.15, 0.2) is 0 Å². The second-order valence-electron chi connectivity index (χ2n) is 8.89. The highest BCUT2D eigenvalue weighted by Gasteiger charge is 2.36. The molecule has 6 heteroatoms. The van der Waals surface area contributed by atoms with E-state index in [2.05, 4.69) is 44.7 Å². The molecule has 0 bridgehead atoms. The molecule has 2 saturated heterocycles. The Balaban J connectivity index is 1.39. The Bertz CT molecular complexity index is 1120. The zero-order valence-electron chi connectivity index (χ0n) is 16.9. The summed E-state index contributed by atoms with van der Waals surface area (Å²) in [5.41, 5.74) is 5.77. The number of aromatic nitrogens is 2. The molecule has 1 aromatic carbocycles. The van der Waals surface area contributed by atoms with E-state index < -0.39 is 0 Å². The van der Waals surface area contributed by atoms with Crippen molar-refractivity contribution in [3.8, 4) is 11.3 Å². The number of hydrogen-bond donors (Lipinski definition) is 0. The minimum Gasteiger partial charge on any atom is -0.337 e. The number of pyridine rings is 1. The second kappa shape index (κ2) is 7.10. The van der Waals surface area contributed by atoms with E-state index in [1.165, 1.54) is 24.1 Å². The molecular formula is C24H25ClN4O. The van der Waals surface area contributed by atoms with Gasteiger partial charge in [-0.2, -0.15) is 0 Å². The van der Waals surface area contributed by atoms with Crippen molar-refractivity contribution >= 4 is 23.2 Å². The summed E-state index contributed by atoms with van der Waals surface area (Å²) in [6.07, 6.45) is 6.56. The smallest absolute Gasteiger partial charge is 0.222 e. The van der Waals surface area contributed by atoms with E-state index in [0.29, 0.717) is 24.3 Å². The Morgan fingerprint density at radius 1 is 1.03 bits per heavy atom. The van der Waals surface area contributed by atoms with Crippen LogP contribution in [0.5, 0.6) is 0 Å². The molecule has 30 heavy (non-hydrogen) atoms. The average molecular weight is 421 g/mol. The molecule has 2 aromatic heterocycles. The first-order chi connectivity index (χ1) is 14.7. The number of amides is 1. The van der Waals surface area contributed by atoms with E-state index in [4.69, 9.17) is 16.6 Å². The molecular weight excluding hydrogens is 396 g/mol. The topological polar surface area (TPSA) is 40.9 Å². The summed E-state index contributed by atoms with van der Waals surface area (Å²) in [4.78, 5) is 21.6. The van der Waals surface area contributed by atoms with E-state index in [1.807, 2.05) is 12.1 Å². The molecule has 5 nitrogen and oxygen atoms in total. The number of carbonyl (C=O) groups is 1. The lowest BCUT2D eigenvalue weighted by atomic mass is 10.1. The van der Waals surface area contributed by atoms with Crippen LogP contribution in [0.15, 0.2) is 42.6 Å². The normalized spacial score (nSPS) is 22.1. The monoisotopic (exact) mass is 420 g/mol. The summed E-state index contributed by atoms with van der Waals surface area (Å²) in [5, 5.41) is 0.738. The van der Waals surface area contributed by atoms with Gasteiger partial charge in [-0.1, -0.05) is 29.8 Å². The molecule has 0 N–H and O–H groups in total. The van der Waals surface area contributed by atoms with Crippen LogP contribution in [0, 0.1) is 0 Å². The number of piperazine rings is 1.